The van der Waals surface area contributed by atoms with Crippen LogP contribution in [-0.2, 0) is 17.5 Å². The Labute approximate surface area is 203 Å². The highest BCUT2D eigenvalue weighted by atomic mass is 19.4. The van der Waals surface area contributed by atoms with E-state index >= 15 is 0 Å². The van der Waals surface area contributed by atoms with Crippen LogP contribution in [0.2, 0.25) is 0 Å². The highest BCUT2D eigenvalue weighted by Crippen LogP contribution is 2.49. The van der Waals surface area contributed by atoms with Gasteiger partial charge in [0.15, 0.2) is 6.73 Å². The summed E-state index contributed by atoms with van der Waals surface area (Å²) in [4.78, 5) is 18.0. The lowest BCUT2D eigenvalue weighted by Crippen LogP contribution is -2.49. The Morgan fingerprint density at radius 2 is 1.94 bits per heavy atom. The monoisotopic (exact) mass is 491 g/mol. The first kappa shape index (κ1) is 24.2. The molecule has 2 atom stereocenters. The number of ether oxygens (including phenoxy) is 1. The molecule has 0 bridgehead atoms. The van der Waals surface area contributed by atoms with Crippen LogP contribution in [0.15, 0.2) is 35.0 Å². The van der Waals surface area contributed by atoms with Crippen molar-refractivity contribution in [2.45, 2.75) is 70.6 Å². The third kappa shape index (κ3) is 4.55. The Bertz CT molecular complexity index is 1050. The number of fused-ring (bicyclic) bond motifs is 1. The smallest absolute Gasteiger partial charge is 0.416 e. The van der Waals surface area contributed by atoms with Crippen LogP contribution >= 0.6 is 0 Å². The first-order valence-corrected chi connectivity index (χ1v) is 12.4. The van der Waals surface area contributed by atoms with Crippen LogP contribution in [0, 0.1) is 11.3 Å². The van der Waals surface area contributed by atoms with Crippen molar-refractivity contribution in [2.75, 3.05) is 19.8 Å². The first-order chi connectivity index (χ1) is 16.7. The summed E-state index contributed by atoms with van der Waals surface area (Å²) in [6.07, 6.45) is 1.76. The Balaban J connectivity index is 1.27. The number of hydrogen-bond donors (Lipinski definition) is 0. The second-order valence-corrected chi connectivity index (χ2v) is 10.5. The molecule has 3 aliphatic rings. The predicted molar refractivity (Wildman–Crippen MR) is 122 cm³/mol. The van der Waals surface area contributed by atoms with Gasteiger partial charge >= 0.3 is 6.18 Å². The van der Waals surface area contributed by atoms with Gasteiger partial charge in [-0.1, -0.05) is 19.0 Å². The van der Waals surface area contributed by atoms with E-state index in [1.807, 2.05) is 6.07 Å². The molecule has 0 N–H and O–H groups in total. The molecule has 1 saturated heterocycles. The molecule has 0 spiro atoms. The fraction of sp³-hybridized carbons (Fsp3) is 0.615. The molecule has 5 rings (SSSR count). The number of aromatic nitrogens is 1. The molecule has 3 heterocycles. The molecule has 35 heavy (non-hydrogen) atoms. The molecule has 9 heteroatoms. The van der Waals surface area contributed by atoms with Gasteiger partial charge in [-0.2, -0.15) is 13.2 Å². The molecular weight excluding hydrogens is 459 g/mol. The average Bonchev–Trinajstić information content (AvgIpc) is 3.54. The van der Waals surface area contributed by atoms with Gasteiger partial charge in [0, 0.05) is 23.6 Å². The van der Waals surface area contributed by atoms with E-state index in [9.17, 15) is 18.0 Å². The van der Waals surface area contributed by atoms with Gasteiger partial charge < -0.3 is 19.1 Å². The van der Waals surface area contributed by atoms with Crippen LogP contribution in [0.5, 0.6) is 5.75 Å². The Kier molecular flexibility index (Phi) is 6.32. The van der Waals surface area contributed by atoms with Gasteiger partial charge in [0.1, 0.15) is 11.5 Å². The van der Waals surface area contributed by atoms with Gasteiger partial charge in [-0.3, -0.25) is 4.79 Å². The maximum atomic E-state index is 13.9. The van der Waals surface area contributed by atoms with Crippen molar-refractivity contribution in [2.24, 2.45) is 11.3 Å². The van der Waals surface area contributed by atoms with Crippen LogP contribution < -0.4 is 4.74 Å². The minimum atomic E-state index is -4.43. The molecule has 6 nitrogen and oxygen atoms in total. The summed E-state index contributed by atoms with van der Waals surface area (Å²) < 4.78 is 50.7. The lowest BCUT2D eigenvalue weighted by atomic mass is 9.74. The van der Waals surface area contributed by atoms with E-state index in [4.69, 9.17) is 9.26 Å². The van der Waals surface area contributed by atoms with Crippen LogP contribution in [0.4, 0.5) is 13.2 Å². The third-order valence-electron chi connectivity index (χ3n) is 8.37. The highest BCUT2D eigenvalue weighted by molar-refractivity contribution is 5.83. The largest absolute Gasteiger partial charge is 0.473 e. The number of carbonyl (C=O) groups is 1. The maximum absolute atomic E-state index is 13.9. The normalized spacial score (nSPS) is 26.1. The number of amides is 1. The van der Waals surface area contributed by atoms with E-state index in [1.54, 1.807) is 11.1 Å². The van der Waals surface area contributed by atoms with Crippen molar-refractivity contribution in [3.05, 3.63) is 47.3 Å². The lowest BCUT2D eigenvalue weighted by Gasteiger charge is -2.41. The zero-order valence-electron chi connectivity index (χ0n) is 20.2. The second-order valence-electron chi connectivity index (χ2n) is 10.5. The first-order valence-electron chi connectivity index (χ1n) is 12.4. The molecule has 1 aromatic heterocycles. The summed E-state index contributed by atoms with van der Waals surface area (Å²) in [6, 6.07) is 5.75. The lowest BCUT2D eigenvalue weighted by molar-refractivity contribution is -0.150. The van der Waals surface area contributed by atoms with Gasteiger partial charge in [-0.05, 0) is 69.3 Å². The van der Waals surface area contributed by atoms with Crippen LogP contribution in [0.3, 0.4) is 0 Å². The van der Waals surface area contributed by atoms with Crippen molar-refractivity contribution >= 4 is 5.91 Å². The maximum Gasteiger partial charge on any atom is 0.416 e. The number of hydrogen-bond acceptors (Lipinski definition) is 5. The number of rotatable bonds is 4. The molecule has 190 valence electrons. The molecule has 0 radical (unpaired) electrons. The van der Waals surface area contributed by atoms with Crippen molar-refractivity contribution in [3.8, 4) is 5.75 Å². The number of halogens is 3. The van der Waals surface area contributed by atoms with Gasteiger partial charge in [-0.15, -0.1) is 0 Å². The molecular formula is C26H32F3N3O3. The summed E-state index contributed by atoms with van der Waals surface area (Å²) in [5, 5.41) is 3.83. The van der Waals surface area contributed by atoms with Crippen LogP contribution in [-0.4, -0.2) is 46.7 Å². The minimum Gasteiger partial charge on any atom is -0.473 e. The standard InChI is InChI=1S/C26H32F3N3O3/c1-17(2)25(9-5-21(14-25)31-11-7-18(8-12-31)23-6-10-30-35-23)24(33)32-15-19-13-20(26(27,28)29)3-4-22(19)34-16-32/h3-4,6,10,13,17-18,21H,5,7-9,11-12,14-16H2,1-2H3/t21-,25?/m1/s1. The zero-order valence-corrected chi connectivity index (χ0v) is 20.2. The van der Waals surface area contributed by atoms with E-state index < -0.39 is 17.2 Å². The van der Waals surface area contributed by atoms with E-state index in [1.165, 1.54) is 6.07 Å². The average molecular weight is 492 g/mol. The van der Waals surface area contributed by atoms with E-state index in [0.29, 0.717) is 23.3 Å². The Morgan fingerprint density at radius 3 is 2.60 bits per heavy atom. The molecule has 2 fully saturated rings. The number of nitrogens with zero attached hydrogens (tertiary/aromatic N) is 3. The van der Waals surface area contributed by atoms with Gasteiger partial charge in [0.05, 0.1) is 23.7 Å². The topological polar surface area (TPSA) is 58.8 Å². The third-order valence-corrected chi connectivity index (χ3v) is 8.37. The highest BCUT2D eigenvalue weighted by Gasteiger charge is 2.51. The molecule has 1 aliphatic carbocycles. The molecule has 1 amide bonds. The van der Waals surface area contributed by atoms with Crippen molar-refractivity contribution in [1.82, 2.24) is 15.0 Å². The number of likely N-dealkylation sites (tertiary alicyclic amines) is 1. The molecule has 2 aliphatic heterocycles. The predicted octanol–water partition coefficient (Wildman–Crippen LogP) is 5.45. The summed E-state index contributed by atoms with van der Waals surface area (Å²) in [5.41, 5.74) is -0.848. The van der Waals surface area contributed by atoms with Gasteiger partial charge in [-0.25, -0.2) is 0 Å². The summed E-state index contributed by atoms with van der Waals surface area (Å²) in [5.74, 6) is 1.87. The molecule has 1 saturated carbocycles. The fourth-order valence-corrected chi connectivity index (χ4v) is 6.18. The van der Waals surface area contributed by atoms with Crippen molar-refractivity contribution in [1.29, 1.82) is 0 Å². The number of benzene rings is 1. The number of carbonyl (C=O) groups excluding carboxylic acids is 1. The van der Waals surface area contributed by atoms with E-state index in [0.717, 1.165) is 63.1 Å². The van der Waals surface area contributed by atoms with Crippen molar-refractivity contribution in [3.63, 3.8) is 0 Å². The zero-order chi connectivity index (χ0) is 24.8. The summed E-state index contributed by atoms with van der Waals surface area (Å²) in [7, 11) is 0. The van der Waals surface area contributed by atoms with Crippen LogP contribution in [0.1, 0.15) is 68.8 Å². The molecule has 1 unspecified atom stereocenters. The Morgan fingerprint density at radius 1 is 1.17 bits per heavy atom. The summed E-state index contributed by atoms with van der Waals surface area (Å²) in [6.45, 7) is 6.28. The summed E-state index contributed by atoms with van der Waals surface area (Å²) >= 11 is 0. The SMILES string of the molecule is CC(C)C1(C(=O)N2COc3ccc(C(F)(F)F)cc3C2)CC[C@@H](N2CCC(c3ccno3)CC2)C1. The van der Waals surface area contributed by atoms with E-state index in [-0.39, 0.29) is 25.1 Å². The van der Waals surface area contributed by atoms with Crippen molar-refractivity contribution < 1.29 is 27.2 Å². The molecule has 1 aromatic carbocycles. The number of piperidine rings is 1. The quantitative estimate of drug-likeness (QED) is 0.570. The minimum absolute atomic E-state index is 0.00499. The van der Waals surface area contributed by atoms with Crippen LogP contribution in [0.25, 0.3) is 0 Å². The Hall–Kier alpha value is -2.55. The van der Waals surface area contributed by atoms with Gasteiger partial charge in [0.25, 0.3) is 0 Å². The number of alkyl halides is 3. The second kappa shape index (κ2) is 9.15. The van der Waals surface area contributed by atoms with E-state index in [2.05, 4.69) is 23.9 Å². The van der Waals surface area contributed by atoms with Gasteiger partial charge in [0.2, 0.25) is 5.91 Å². The molecule has 2 aromatic rings. The fourth-order valence-electron chi connectivity index (χ4n) is 6.18.